The normalized spacial score (nSPS) is 18.2. The minimum atomic E-state index is -4.73. The van der Waals surface area contributed by atoms with Gasteiger partial charge >= 0.3 is 6.18 Å². The van der Waals surface area contributed by atoms with Crippen LogP contribution in [0.3, 0.4) is 0 Å². The maximum Gasteiger partial charge on any atom is 0.418 e. The molecule has 0 saturated carbocycles. The molecule has 0 fully saturated rings. The number of para-hydroxylation sites is 1. The van der Waals surface area contributed by atoms with Crippen molar-refractivity contribution in [1.29, 1.82) is 0 Å². The first-order valence-corrected chi connectivity index (χ1v) is 5.47. The van der Waals surface area contributed by atoms with Gasteiger partial charge in [-0.05, 0) is 24.8 Å². The Hall–Kier alpha value is -2.05. The predicted octanol–water partition coefficient (Wildman–Crippen LogP) is 2.66. The van der Waals surface area contributed by atoms with Crippen LogP contribution in [-0.4, -0.2) is 11.9 Å². The highest BCUT2D eigenvalue weighted by Gasteiger charge is 2.35. The van der Waals surface area contributed by atoms with Crippen LogP contribution in [0, 0.1) is 5.82 Å². The van der Waals surface area contributed by atoms with Gasteiger partial charge in [-0.25, -0.2) is 4.39 Å². The second-order valence-electron chi connectivity index (χ2n) is 4.01. The lowest BCUT2D eigenvalue weighted by Crippen LogP contribution is -2.35. The first kappa shape index (κ1) is 13.4. The molecule has 3 nitrogen and oxygen atoms in total. The fourth-order valence-corrected chi connectivity index (χ4v) is 1.74. The summed E-state index contributed by atoms with van der Waals surface area (Å²) in [6, 6.07) is 1.86. The number of amides is 1. The minimum Gasteiger partial charge on any atom is -0.380 e. The fourth-order valence-electron chi connectivity index (χ4n) is 1.74. The molecule has 1 aromatic rings. The van der Waals surface area contributed by atoms with Gasteiger partial charge in [-0.15, -0.1) is 0 Å². The number of hydrogen-bond donors (Lipinski definition) is 2. The molecular weight excluding hydrogens is 264 g/mol. The van der Waals surface area contributed by atoms with E-state index in [1.165, 1.54) is 6.20 Å². The van der Waals surface area contributed by atoms with E-state index >= 15 is 0 Å². The third-order valence-corrected chi connectivity index (χ3v) is 2.67. The van der Waals surface area contributed by atoms with Gasteiger partial charge in [-0.1, -0.05) is 12.1 Å². The van der Waals surface area contributed by atoms with Gasteiger partial charge in [0, 0.05) is 0 Å². The number of anilines is 1. The summed E-state index contributed by atoms with van der Waals surface area (Å²) in [5, 5.41) is 4.65. The van der Waals surface area contributed by atoms with E-state index in [-0.39, 0.29) is 0 Å². The number of benzene rings is 1. The van der Waals surface area contributed by atoms with Crippen molar-refractivity contribution < 1.29 is 22.4 Å². The maximum atomic E-state index is 13.5. The van der Waals surface area contributed by atoms with Gasteiger partial charge < -0.3 is 10.6 Å². The third-order valence-electron chi connectivity index (χ3n) is 2.67. The summed E-state index contributed by atoms with van der Waals surface area (Å²) in [6.45, 7) is 0. The van der Waals surface area contributed by atoms with Crippen LogP contribution in [0.4, 0.5) is 23.2 Å². The van der Waals surface area contributed by atoms with Crippen LogP contribution < -0.4 is 10.6 Å². The molecule has 1 atom stereocenters. The van der Waals surface area contributed by atoms with E-state index < -0.39 is 35.2 Å². The SMILES string of the molecule is O=C(Nc1c(F)cccc1C(F)(F)F)[C@@H]1CC=CN1. The average molecular weight is 274 g/mol. The molecule has 0 radical (unpaired) electrons. The molecule has 0 aliphatic carbocycles. The molecule has 0 aromatic heterocycles. The summed E-state index contributed by atoms with van der Waals surface area (Å²) in [5.74, 6) is -1.82. The largest absolute Gasteiger partial charge is 0.418 e. The van der Waals surface area contributed by atoms with Gasteiger partial charge in [0.25, 0.3) is 0 Å². The molecule has 7 heteroatoms. The zero-order chi connectivity index (χ0) is 14.0. The van der Waals surface area contributed by atoms with Gasteiger partial charge in [-0.2, -0.15) is 13.2 Å². The molecule has 1 aromatic carbocycles. The highest BCUT2D eigenvalue weighted by Crippen LogP contribution is 2.36. The number of carbonyl (C=O) groups excluding carboxylic acids is 1. The van der Waals surface area contributed by atoms with Crippen molar-refractivity contribution >= 4 is 11.6 Å². The summed E-state index contributed by atoms with van der Waals surface area (Å²) < 4.78 is 51.6. The van der Waals surface area contributed by atoms with Gasteiger partial charge in [0.2, 0.25) is 5.91 Å². The Labute approximate surface area is 106 Å². The van der Waals surface area contributed by atoms with Crippen molar-refractivity contribution in [3.8, 4) is 0 Å². The zero-order valence-corrected chi connectivity index (χ0v) is 9.59. The van der Waals surface area contributed by atoms with Gasteiger partial charge in [0.05, 0.1) is 11.3 Å². The minimum absolute atomic E-state index is 0.349. The summed E-state index contributed by atoms with van der Waals surface area (Å²) >= 11 is 0. The van der Waals surface area contributed by atoms with Crippen molar-refractivity contribution in [2.45, 2.75) is 18.6 Å². The molecule has 1 aliphatic rings. The number of hydrogen-bond acceptors (Lipinski definition) is 2. The topological polar surface area (TPSA) is 41.1 Å². The third kappa shape index (κ3) is 2.86. The molecule has 2 rings (SSSR count). The van der Waals surface area contributed by atoms with Crippen LogP contribution >= 0.6 is 0 Å². The molecule has 19 heavy (non-hydrogen) atoms. The van der Waals surface area contributed by atoms with Crippen LogP contribution in [0.15, 0.2) is 30.5 Å². The molecule has 0 bridgehead atoms. The summed E-state index contributed by atoms with van der Waals surface area (Å²) in [5.41, 5.74) is -2.04. The van der Waals surface area contributed by atoms with Crippen LogP contribution in [0.2, 0.25) is 0 Å². The highest BCUT2D eigenvalue weighted by atomic mass is 19.4. The monoisotopic (exact) mass is 274 g/mol. The smallest absolute Gasteiger partial charge is 0.380 e. The van der Waals surface area contributed by atoms with E-state index in [1.807, 2.05) is 5.32 Å². The van der Waals surface area contributed by atoms with E-state index in [1.54, 1.807) is 6.08 Å². The molecule has 1 amide bonds. The predicted molar refractivity (Wildman–Crippen MR) is 60.7 cm³/mol. The molecule has 1 aliphatic heterocycles. The lowest BCUT2D eigenvalue weighted by Gasteiger charge is -2.16. The van der Waals surface area contributed by atoms with E-state index in [0.717, 1.165) is 18.2 Å². The Morgan fingerprint density at radius 2 is 2.11 bits per heavy atom. The second kappa shape index (κ2) is 4.91. The van der Waals surface area contributed by atoms with E-state index in [2.05, 4.69) is 5.32 Å². The molecular formula is C12H10F4N2O. The Kier molecular flexibility index (Phi) is 3.46. The van der Waals surface area contributed by atoms with E-state index in [9.17, 15) is 22.4 Å². The molecule has 2 N–H and O–H groups in total. The number of alkyl halides is 3. The summed E-state index contributed by atoms with van der Waals surface area (Å²) in [6.07, 6.45) is -1.19. The van der Waals surface area contributed by atoms with Crippen molar-refractivity contribution in [3.63, 3.8) is 0 Å². The first-order valence-electron chi connectivity index (χ1n) is 5.47. The van der Waals surface area contributed by atoms with Crippen molar-refractivity contribution in [3.05, 3.63) is 41.9 Å². The molecule has 0 saturated heterocycles. The van der Waals surface area contributed by atoms with E-state index in [4.69, 9.17) is 0 Å². The van der Waals surface area contributed by atoms with Gasteiger partial charge in [0.1, 0.15) is 11.9 Å². The summed E-state index contributed by atoms with van der Waals surface area (Å²) in [4.78, 5) is 11.7. The van der Waals surface area contributed by atoms with Gasteiger partial charge in [-0.3, -0.25) is 4.79 Å². The fraction of sp³-hybridized carbons (Fsp3) is 0.250. The second-order valence-corrected chi connectivity index (χ2v) is 4.01. The molecule has 1 heterocycles. The number of carbonyl (C=O) groups is 1. The van der Waals surface area contributed by atoms with Crippen LogP contribution in [0.1, 0.15) is 12.0 Å². The first-order chi connectivity index (χ1) is 8.89. The lowest BCUT2D eigenvalue weighted by atomic mass is 10.1. The van der Waals surface area contributed by atoms with Crippen LogP contribution in [0.5, 0.6) is 0 Å². The quantitative estimate of drug-likeness (QED) is 0.814. The van der Waals surface area contributed by atoms with Crippen molar-refractivity contribution in [2.24, 2.45) is 0 Å². The zero-order valence-electron chi connectivity index (χ0n) is 9.59. The maximum absolute atomic E-state index is 13.5. The van der Waals surface area contributed by atoms with E-state index in [0.29, 0.717) is 6.42 Å². The average Bonchev–Trinajstić information content (AvgIpc) is 2.83. The van der Waals surface area contributed by atoms with Gasteiger partial charge in [0.15, 0.2) is 0 Å². The Morgan fingerprint density at radius 1 is 1.37 bits per heavy atom. The van der Waals surface area contributed by atoms with Crippen molar-refractivity contribution in [2.75, 3.05) is 5.32 Å². The number of rotatable bonds is 2. The van der Waals surface area contributed by atoms with Crippen LogP contribution in [0.25, 0.3) is 0 Å². The Morgan fingerprint density at radius 3 is 2.68 bits per heavy atom. The standard InChI is InChI=1S/C12H10F4N2O/c13-8-4-1-3-7(12(14,15)16)10(8)18-11(19)9-5-2-6-17-9/h1-4,6,9,17H,5H2,(H,18,19)/t9-/m0/s1. The Balaban J connectivity index is 2.26. The number of nitrogens with one attached hydrogen (secondary N) is 2. The lowest BCUT2D eigenvalue weighted by molar-refractivity contribution is -0.137. The molecule has 0 unspecified atom stereocenters. The Bertz CT molecular complexity index is 517. The van der Waals surface area contributed by atoms with Crippen molar-refractivity contribution in [1.82, 2.24) is 5.32 Å². The molecule has 0 spiro atoms. The number of halogens is 4. The van der Waals surface area contributed by atoms with Crippen LogP contribution in [-0.2, 0) is 11.0 Å². The highest BCUT2D eigenvalue weighted by molar-refractivity contribution is 5.96. The molecule has 102 valence electrons. The summed E-state index contributed by atoms with van der Waals surface area (Å²) in [7, 11) is 0.